The molecule has 3 heteroatoms. The first-order valence-corrected chi connectivity index (χ1v) is 6.18. The molecule has 0 amide bonds. The molecular formula is C15H14ClNO. The van der Waals surface area contributed by atoms with E-state index in [-0.39, 0.29) is 5.78 Å². The van der Waals surface area contributed by atoms with Crippen molar-refractivity contribution in [3.05, 3.63) is 64.2 Å². The molecule has 0 saturated heterocycles. The summed E-state index contributed by atoms with van der Waals surface area (Å²) in [4.78, 5) is 12.2. The molecule has 0 spiro atoms. The first kappa shape index (κ1) is 12.7. The molecule has 2 rings (SSSR count). The number of hydrogen-bond donors (Lipinski definition) is 1. The summed E-state index contributed by atoms with van der Waals surface area (Å²) in [6.07, 6.45) is 0.961. The average Bonchev–Trinajstić information content (AvgIpc) is 2.41. The SMILES string of the molecule is CCc1ccc(C(=O)c2ccc(Cl)c(N)c2)cc1. The molecule has 0 aliphatic carbocycles. The van der Waals surface area contributed by atoms with Crippen LogP contribution in [0, 0.1) is 0 Å². The third-order valence-electron chi connectivity index (χ3n) is 2.88. The van der Waals surface area contributed by atoms with Crippen molar-refractivity contribution in [1.29, 1.82) is 0 Å². The van der Waals surface area contributed by atoms with Gasteiger partial charge in [0, 0.05) is 11.1 Å². The van der Waals surface area contributed by atoms with Crippen LogP contribution in [0.3, 0.4) is 0 Å². The molecule has 0 saturated carbocycles. The molecule has 0 fully saturated rings. The third-order valence-corrected chi connectivity index (χ3v) is 3.23. The van der Waals surface area contributed by atoms with E-state index in [1.807, 2.05) is 24.3 Å². The molecule has 0 bridgehead atoms. The van der Waals surface area contributed by atoms with Crippen LogP contribution in [0.1, 0.15) is 28.4 Å². The standard InChI is InChI=1S/C15H14ClNO/c1-2-10-3-5-11(6-4-10)15(18)12-7-8-13(16)14(17)9-12/h3-9H,2,17H2,1H3. The van der Waals surface area contributed by atoms with E-state index in [2.05, 4.69) is 6.92 Å². The Morgan fingerprint density at radius 2 is 1.72 bits per heavy atom. The number of nitrogens with two attached hydrogens (primary N) is 1. The maximum absolute atomic E-state index is 12.2. The summed E-state index contributed by atoms with van der Waals surface area (Å²) in [6, 6.07) is 12.6. The lowest BCUT2D eigenvalue weighted by Crippen LogP contribution is -2.02. The predicted molar refractivity (Wildman–Crippen MR) is 75.1 cm³/mol. The molecule has 0 aliphatic rings. The number of carbonyl (C=O) groups is 1. The normalized spacial score (nSPS) is 10.3. The summed E-state index contributed by atoms with van der Waals surface area (Å²) in [6.45, 7) is 2.08. The van der Waals surface area contributed by atoms with Gasteiger partial charge < -0.3 is 5.73 Å². The number of aryl methyl sites for hydroxylation is 1. The zero-order valence-electron chi connectivity index (χ0n) is 10.1. The number of halogens is 1. The van der Waals surface area contributed by atoms with Gasteiger partial charge in [-0.3, -0.25) is 4.79 Å². The van der Waals surface area contributed by atoms with E-state index in [0.717, 1.165) is 6.42 Å². The Morgan fingerprint density at radius 3 is 2.28 bits per heavy atom. The minimum absolute atomic E-state index is 0.0407. The molecule has 0 unspecified atom stereocenters. The van der Waals surface area contributed by atoms with Crippen molar-refractivity contribution in [3.8, 4) is 0 Å². The third kappa shape index (κ3) is 2.54. The fourth-order valence-electron chi connectivity index (χ4n) is 1.74. The van der Waals surface area contributed by atoms with Crippen molar-refractivity contribution in [2.24, 2.45) is 0 Å². The Morgan fingerprint density at radius 1 is 1.11 bits per heavy atom. The lowest BCUT2D eigenvalue weighted by Gasteiger charge is -2.04. The Kier molecular flexibility index (Phi) is 3.68. The van der Waals surface area contributed by atoms with Crippen molar-refractivity contribution in [1.82, 2.24) is 0 Å². The van der Waals surface area contributed by atoms with Crippen LogP contribution in [0.2, 0.25) is 5.02 Å². The summed E-state index contributed by atoms with van der Waals surface area (Å²) in [5.74, 6) is -0.0407. The van der Waals surface area contributed by atoms with Crippen LogP contribution >= 0.6 is 11.6 Å². The van der Waals surface area contributed by atoms with Gasteiger partial charge in [0.05, 0.1) is 10.7 Å². The van der Waals surface area contributed by atoms with Crippen LogP contribution in [0.15, 0.2) is 42.5 Å². The summed E-state index contributed by atoms with van der Waals surface area (Å²) < 4.78 is 0. The number of ketones is 1. The molecule has 2 aromatic carbocycles. The molecule has 2 nitrogen and oxygen atoms in total. The number of anilines is 1. The number of benzene rings is 2. The number of nitrogen functional groups attached to an aromatic ring is 1. The Bertz CT molecular complexity index is 576. The lowest BCUT2D eigenvalue weighted by atomic mass is 10.0. The van der Waals surface area contributed by atoms with Crippen LogP contribution in [-0.2, 0) is 6.42 Å². The lowest BCUT2D eigenvalue weighted by molar-refractivity contribution is 0.103. The van der Waals surface area contributed by atoms with E-state index in [4.69, 9.17) is 17.3 Å². The van der Waals surface area contributed by atoms with Gasteiger partial charge in [0.1, 0.15) is 0 Å². The Balaban J connectivity index is 2.32. The van der Waals surface area contributed by atoms with Gasteiger partial charge >= 0.3 is 0 Å². The van der Waals surface area contributed by atoms with E-state index >= 15 is 0 Å². The minimum Gasteiger partial charge on any atom is -0.398 e. The minimum atomic E-state index is -0.0407. The second-order valence-electron chi connectivity index (χ2n) is 4.12. The van der Waals surface area contributed by atoms with E-state index < -0.39 is 0 Å². The van der Waals surface area contributed by atoms with Gasteiger partial charge in [0.2, 0.25) is 0 Å². The summed E-state index contributed by atoms with van der Waals surface area (Å²) in [5, 5.41) is 0.466. The van der Waals surface area contributed by atoms with Crippen LogP contribution in [-0.4, -0.2) is 5.78 Å². The summed E-state index contributed by atoms with van der Waals surface area (Å²) >= 11 is 5.83. The van der Waals surface area contributed by atoms with Gasteiger partial charge in [0.15, 0.2) is 5.78 Å². The molecule has 0 aromatic heterocycles. The fourth-order valence-corrected chi connectivity index (χ4v) is 1.86. The van der Waals surface area contributed by atoms with E-state index in [1.165, 1.54) is 5.56 Å². The second-order valence-corrected chi connectivity index (χ2v) is 4.52. The predicted octanol–water partition coefficient (Wildman–Crippen LogP) is 3.72. The van der Waals surface area contributed by atoms with Crippen molar-refractivity contribution in [3.63, 3.8) is 0 Å². The van der Waals surface area contributed by atoms with E-state index in [0.29, 0.717) is 21.8 Å². The van der Waals surface area contributed by atoms with Gasteiger partial charge in [-0.2, -0.15) is 0 Å². The maximum atomic E-state index is 12.2. The first-order valence-electron chi connectivity index (χ1n) is 5.80. The van der Waals surface area contributed by atoms with Crippen molar-refractivity contribution >= 4 is 23.1 Å². The van der Waals surface area contributed by atoms with E-state index in [1.54, 1.807) is 18.2 Å². The Hall–Kier alpha value is -1.80. The number of carbonyl (C=O) groups excluding carboxylic acids is 1. The van der Waals surface area contributed by atoms with Gasteiger partial charge in [0.25, 0.3) is 0 Å². The monoisotopic (exact) mass is 259 g/mol. The molecular weight excluding hydrogens is 246 g/mol. The quantitative estimate of drug-likeness (QED) is 0.674. The summed E-state index contributed by atoms with van der Waals surface area (Å²) in [5.41, 5.74) is 8.55. The molecule has 0 radical (unpaired) electrons. The van der Waals surface area contributed by atoms with Crippen molar-refractivity contribution in [2.75, 3.05) is 5.73 Å². The molecule has 18 heavy (non-hydrogen) atoms. The average molecular weight is 260 g/mol. The van der Waals surface area contributed by atoms with Crippen LogP contribution in [0.5, 0.6) is 0 Å². The number of hydrogen-bond acceptors (Lipinski definition) is 2. The molecule has 2 N–H and O–H groups in total. The molecule has 0 atom stereocenters. The second kappa shape index (κ2) is 5.23. The smallest absolute Gasteiger partial charge is 0.193 e. The highest BCUT2D eigenvalue weighted by molar-refractivity contribution is 6.33. The van der Waals surface area contributed by atoms with Crippen LogP contribution in [0.4, 0.5) is 5.69 Å². The number of rotatable bonds is 3. The molecule has 2 aromatic rings. The zero-order chi connectivity index (χ0) is 13.1. The first-order chi connectivity index (χ1) is 8.61. The molecule has 92 valence electrons. The molecule has 0 aliphatic heterocycles. The van der Waals surface area contributed by atoms with E-state index in [9.17, 15) is 4.79 Å². The van der Waals surface area contributed by atoms with Crippen LogP contribution < -0.4 is 5.73 Å². The van der Waals surface area contributed by atoms with Gasteiger partial charge in [-0.05, 0) is 30.2 Å². The largest absolute Gasteiger partial charge is 0.398 e. The maximum Gasteiger partial charge on any atom is 0.193 e. The highest BCUT2D eigenvalue weighted by Gasteiger charge is 2.10. The Labute approximate surface area is 111 Å². The van der Waals surface area contributed by atoms with Crippen molar-refractivity contribution < 1.29 is 4.79 Å². The molecule has 0 heterocycles. The van der Waals surface area contributed by atoms with Gasteiger partial charge in [-0.15, -0.1) is 0 Å². The summed E-state index contributed by atoms with van der Waals surface area (Å²) in [7, 11) is 0. The van der Waals surface area contributed by atoms with Crippen LogP contribution in [0.25, 0.3) is 0 Å². The van der Waals surface area contributed by atoms with Gasteiger partial charge in [-0.1, -0.05) is 42.8 Å². The van der Waals surface area contributed by atoms with Crippen molar-refractivity contribution in [2.45, 2.75) is 13.3 Å². The highest BCUT2D eigenvalue weighted by Crippen LogP contribution is 2.21. The zero-order valence-corrected chi connectivity index (χ0v) is 10.9. The fraction of sp³-hybridized carbons (Fsp3) is 0.133. The topological polar surface area (TPSA) is 43.1 Å². The highest BCUT2D eigenvalue weighted by atomic mass is 35.5. The van der Waals surface area contributed by atoms with Gasteiger partial charge in [-0.25, -0.2) is 0 Å².